The highest BCUT2D eigenvalue weighted by Crippen LogP contribution is 2.22. The second-order valence-electron chi connectivity index (χ2n) is 3.57. The summed E-state index contributed by atoms with van der Waals surface area (Å²) in [6, 6.07) is 18.6. The fraction of sp³-hybridized carbons (Fsp3) is 0.0769. The largest absolute Gasteiger partial charge is 0.271 e. The Morgan fingerprint density at radius 2 is 1.62 bits per heavy atom. The van der Waals surface area contributed by atoms with Crippen LogP contribution >= 0.6 is 22.6 Å². The number of nitrogens with one attached hydrogen (secondary N) is 1. The lowest BCUT2D eigenvalue weighted by atomic mass is 10.00. The maximum absolute atomic E-state index is 5.63. The van der Waals surface area contributed by atoms with Crippen molar-refractivity contribution in [3.8, 4) is 0 Å². The van der Waals surface area contributed by atoms with E-state index in [1.807, 2.05) is 24.3 Å². The summed E-state index contributed by atoms with van der Waals surface area (Å²) >= 11 is 2.31. The molecule has 0 aliphatic rings. The van der Waals surface area contributed by atoms with E-state index >= 15 is 0 Å². The molecule has 0 saturated heterocycles. The van der Waals surface area contributed by atoms with Crippen LogP contribution in [0.5, 0.6) is 0 Å². The molecular weight excluding hydrogens is 311 g/mol. The van der Waals surface area contributed by atoms with Gasteiger partial charge in [-0.3, -0.25) is 5.84 Å². The molecule has 3 heteroatoms. The fourth-order valence-corrected chi connectivity index (χ4v) is 2.28. The fourth-order valence-electron chi connectivity index (χ4n) is 1.72. The normalized spacial score (nSPS) is 12.4. The van der Waals surface area contributed by atoms with Gasteiger partial charge in [-0.2, -0.15) is 0 Å². The van der Waals surface area contributed by atoms with Gasteiger partial charge >= 0.3 is 0 Å². The molecule has 0 saturated carbocycles. The number of hydrogen-bond acceptors (Lipinski definition) is 2. The van der Waals surface area contributed by atoms with E-state index in [2.05, 4.69) is 58.3 Å². The molecule has 0 fully saturated rings. The summed E-state index contributed by atoms with van der Waals surface area (Å²) in [7, 11) is 0. The standard InChI is InChI=1S/C13H13IN2/c14-12-8-4-7-11(9-12)13(16-15)10-5-2-1-3-6-10/h1-9,13,16H,15H2. The molecule has 0 aliphatic carbocycles. The molecule has 2 nitrogen and oxygen atoms in total. The summed E-state index contributed by atoms with van der Waals surface area (Å²) in [6.07, 6.45) is 0. The molecule has 0 spiro atoms. The van der Waals surface area contributed by atoms with E-state index in [0.29, 0.717) is 0 Å². The Balaban J connectivity index is 2.37. The Bertz CT molecular complexity index is 456. The van der Waals surface area contributed by atoms with Crippen LogP contribution in [0.25, 0.3) is 0 Å². The lowest BCUT2D eigenvalue weighted by molar-refractivity contribution is 0.636. The van der Waals surface area contributed by atoms with Gasteiger partial charge in [-0.1, -0.05) is 42.5 Å². The number of nitrogens with two attached hydrogens (primary N) is 1. The Morgan fingerprint density at radius 3 is 2.25 bits per heavy atom. The van der Waals surface area contributed by atoms with E-state index in [0.717, 1.165) is 0 Å². The molecule has 1 unspecified atom stereocenters. The maximum atomic E-state index is 5.63. The van der Waals surface area contributed by atoms with Crippen LogP contribution in [0, 0.1) is 3.57 Å². The van der Waals surface area contributed by atoms with Gasteiger partial charge in [0.25, 0.3) is 0 Å². The second-order valence-corrected chi connectivity index (χ2v) is 4.81. The van der Waals surface area contributed by atoms with Crippen molar-refractivity contribution in [1.29, 1.82) is 0 Å². The number of rotatable bonds is 3. The van der Waals surface area contributed by atoms with E-state index < -0.39 is 0 Å². The molecule has 0 aliphatic heterocycles. The first-order valence-electron chi connectivity index (χ1n) is 5.08. The van der Waals surface area contributed by atoms with E-state index in [9.17, 15) is 0 Å². The third-order valence-electron chi connectivity index (χ3n) is 2.48. The van der Waals surface area contributed by atoms with Crippen LogP contribution in [-0.4, -0.2) is 0 Å². The summed E-state index contributed by atoms with van der Waals surface area (Å²) in [4.78, 5) is 0. The van der Waals surface area contributed by atoms with Crippen molar-refractivity contribution in [2.45, 2.75) is 6.04 Å². The number of halogens is 1. The molecule has 2 aromatic rings. The number of hydrazine groups is 1. The third-order valence-corrected chi connectivity index (χ3v) is 3.15. The number of hydrogen-bond donors (Lipinski definition) is 2. The van der Waals surface area contributed by atoms with Gasteiger partial charge in [-0.15, -0.1) is 0 Å². The molecule has 0 radical (unpaired) electrons. The summed E-state index contributed by atoms with van der Waals surface area (Å²) in [5, 5.41) is 0. The Kier molecular flexibility index (Phi) is 3.93. The van der Waals surface area contributed by atoms with Gasteiger partial charge < -0.3 is 0 Å². The van der Waals surface area contributed by atoms with Crippen molar-refractivity contribution < 1.29 is 0 Å². The minimum atomic E-state index is 0.0518. The third kappa shape index (κ3) is 2.61. The van der Waals surface area contributed by atoms with Crippen LogP contribution in [0.3, 0.4) is 0 Å². The highest BCUT2D eigenvalue weighted by Gasteiger charge is 2.11. The predicted octanol–water partition coefficient (Wildman–Crippen LogP) is 2.84. The zero-order chi connectivity index (χ0) is 11.4. The molecule has 0 amide bonds. The van der Waals surface area contributed by atoms with Crippen LogP contribution < -0.4 is 11.3 Å². The molecule has 0 bridgehead atoms. The first kappa shape index (κ1) is 11.6. The second kappa shape index (κ2) is 5.43. The predicted molar refractivity (Wildman–Crippen MR) is 74.8 cm³/mol. The topological polar surface area (TPSA) is 38.0 Å². The first-order valence-corrected chi connectivity index (χ1v) is 6.15. The monoisotopic (exact) mass is 324 g/mol. The Hall–Kier alpha value is -0.910. The van der Waals surface area contributed by atoms with E-state index in [1.54, 1.807) is 0 Å². The molecule has 2 aromatic carbocycles. The Labute approximate surface area is 109 Å². The first-order chi connectivity index (χ1) is 7.81. The van der Waals surface area contributed by atoms with Crippen molar-refractivity contribution in [1.82, 2.24) is 5.43 Å². The van der Waals surface area contributed by atoms with Crippen molar-refractivity contribution >= 4 is 22.6 Å². The lowest BCUT2D eigenvalue weighted by Gasteiger charge is -2.16. The van der Waals surface area contributed by atoms with Crippen molar-refractivity contribution in [2.24, 2.45) is 5.84 Å². The smallest absolute Gasteiger partial charge is 0.0710 e. The SMILES string of the molecule is NNC(c1ccccc1)c1cccc(I)c1. The van der Waals surface area contributed by atoms with Gasteiger partial charge in [0.2, 0.25) is 0 Å². The van der Waals surface area contributed by atoms with Crippen LogP contribution in [0.1, 0.15) is 17.2 Å². The lowest BCUT2D eigenvalue weighted by Crippen LogP contribution is -2.28. The van der Waals surface area contributed by atoms with E-state index in [4.69, 9.17) is 5.84 Å². The van der Waals surface area contributed by atoms with Gasteiger partial charge in [0.15, 0.2) is 0 Å². The summed E-state index contributed by atoms with van der Waals surface area (Å²) in [6.45, 7) is 0. The highest BCUT2D eigenvalue weighted by atomic mass is 127. The molecule has 16 heavy (non-hydrogen) atoms. The summed E-state index contributed by atoms with van der Waals surface area (Å²) < 4.78 is 1.21. The van der Waals surface area contributed by atoms with Gasteiger partial charge in [-0.25, -0.2) is 5.43 Å². The number of benzene rings is 2. The zero-order valence-corrected chi connectivity index (χ0v) is 10.9. The van der Waals surface area contributed by atoms with Gasteiger partial charge in [-0.05, 0) is 45.9 Å². The minimum absolute atomic E-state index is 0.0518. The average Bonchev–Trinajstić information content (AvgIpc) is 2.31. The Morgan fingerprint density at radius 1 is 0.938 bits per heavy atom. The molecule has 3 N–H and O–H groups in total. The zero-order valence-electron chi connectivity index (χ0n) is 8.73. The molecule has 2 rings (SSSR count). The summed E-state index contributed by atoms with van der Waals surface area (Å²) in [5.74, 6) is 5.63. The molecule has 1 atom stereocenters. The van der Waals surface area contributed by atoms with Crippen LogP contribution in [0.4, 0.5) is 0 Å². The van der Waals surface area contributed by atoms with Gasteiger partial charge in [0, 0.05) is 3.57 Å². The van der Waals surface area contributed by atoms with Crippen molar-refractivity contribution in [2.75, 3.05) is 0 Å². The van der Waals surface area contributed by atoms with Crippen molar-refractivity contribution in [3.63, 3.8) is 0 Å². The van der Waals surface area contributed by atoms with E-state index in [-0.39, 0.29) is 6.04 Å². The average molecular weight is 324 g/mol. The van der Waals surface area contributed by atoms with Gasteiger partial charge in [0.1, 0.15) is 0 Å². The van der Waals surface area contributed by atoms with Crippen molar-refractivity contribution in [3.05, 3.63) is 69.3 Å². The maximum Gasteiger partial charge on any atom is 0.0710 e. The quantitative estimate of drug-likeness (QED) is 0.518. The van der Waals surface area contributed by atoms with Crippen LogP contribution in [0.2, 0.25) is 0 Å². The molecule has 0 aromatic heterocycles. The van der Waals surface area contributed by atoms with E-state index in [1.165, 1.54) is 14.7 Å². The molecule has 82 valence electrons. The minimum Gasteiger partial charge on any atom is -0.271 e. The van der Waals surface area contributed by atoms with Gasteiger partial charge in [0.05, 0.1) is 6.04 Å². The molecule has 0 heterocycles. The highest BCUT2D eigenvalue weighted by molar-refractivity contribution is 14.1. The summed E-state index contributed by atoms with van der Waals surface area (Å²) in [5.41, 5.74) is 5.21. The van der Waals surface area contributed by atoms with Crippen LogP contribution in [-0.2, 0) is 0 Å². The van der Waals surface area contributed by atoms with Crippen LogP contribution in [0.15, 0.2) is 54.6 Å². The molecular formula is C13H13IN2.